The van der Waals surface area contributed by atoms with E-state index in [-0.39, 0.29) is 18.8 Å². The number of nitrogen functional groups attached to an aromatic ring is 1. The summed E-state index contributed by atoms with van der Waals surface area (Å²) in [5.74, 6) is -1.12. The molecule has 0 aliphatic carbocycles. The molecule has 1 fully saturated rings. The number of hydrogen-bond donors (Lipinski definition) is 4. The van der Waals surface area contributed by atoms with Crippen molar-refractivity contribution in [3.8, 4) is 0 Å². The predicted molar refractivity (Wildman–Crippen MR) is 102 cm³/mol. The van der Waals surface area contributed by atoms with Crippen LogP contribution in [0.4, 0.5) is 15.7 Å². The Morgan fingerprint density at radius 2 is 2.18 bits per heavy atom. The van der Waals surface area contributed by atoms with Crippen LogP contribution in [0.1, 0.15) is 10.6 Å². The molecule has 28 heavy (non-hydrogen) atoms. The number of nitrogens with two attached hydrogens (primary N) is 1. The van der Waals surface area contributed by atoms with Gasteiger partial charge in [-0.05, 0) is 24.5 Å². The van der Waals surface area contributed by atoms with Crippen molar-refractivity contribution in [3.63, 3.8) is 0 Å². The number of carbonyl (C=O) groups excluding carboxylic acids is 3. The number of imide groups is 1. The van der Waals surface area contributed by atoms with E-state index in [4.69, 9.17) is 5.73 Å². The summed E-state index contributed by atoms with van der Waals surface area (Å²) in [7, 11) is -4.25. The van der Waals surface area contributed by atoms with Crippen molar-refractivity contribution in [1.82, 2.24) is 24.3 Å². The normalized spacial score (nSPS) is 16.4. The Kier molecular flexibility index (Phi) is 5.48. The van der Waals surface area contributed by atoms with E-state index in [1.807, 2.05) is 0 Å². The number of carbonyl (C=O) groups is 3. The van der Waals surface area contributed by atoms with Gasteiger partial charge < -0.3 is 11.1 Å². The highest BCUT2D eigenvalue weighted by Crippen LogP contribution is 2.15. The second kappa shape index (κ2) is 7.69. The van der Waals surface area contributed by atoms with E-state index in [0.29, 0.717) is 15.7 Å². The fourth-order valence-corrected chi connectivity index (χ4v) is 4.17. The number of anilines is 2. The maximum atomic E-state index is 12.0. The van der Waals surface area contributed by atoms with Crippen LogP contribution in [0.25, 0.3) is 0 Å². The third-order valence-corrected chi connectivity index (χ3v) is 5.85. The quantitative estimate of drug-likeness (QED) is 0.427. The lowest BCUT2D eigenvalue weighted by Crippen LogP contribution is -2.67. The average molecular weight is 446 g/mol. The molecule has 0 bridgehead atoms. The monoisotopic (exact) mass is 445 g/mol. The number of aryl methyl sites for hydroxylation is 1. The summed E-state index contributed by atoms with van der Waals surface area (Å²) >= 11 is 2.28. The number of rotatable bonds is 6. The van der Waals surface area contributed by atoms with Gasteiger partial charge in [-0.1, -0.05) is 0 Å². The molecule has 0 aromatic carbocycles. The number of β-lactam (4-membered cyclic amide) rings is 1. The predicted octanol–water partition coefficient (Wildman–Crippen LogP) is -0.574. The third kappa shape index (κ3) is 4.73. The first-order chi connectivity index (χ1) is 13.1. The minimum absolute atomic E-state index is 0.0605. The van der Waals surface area contributed by atoms with Gasteiger partial charge in [0.05, 0.1) is 18.7 Å². The fraction of sp³-hybridized carbons (Fsp3) is 0.308. The average Bonchev–Trinajstić information content (AvgIpc) is 3.17. The van der Waals surface area contributed by atoms with Gasteiger partial charge in [0.1, 0.15) is 6.04 Å². The molecule has 1 aliphatic heterocycles. The zero-order valence-corrected chi connectivity index (χ0v) is 16.8. The molecule has 3 rings (SSSR count). The standard InChI is InChI=1S/C13H15N7O5S3/c1-6-2-9(17-27-6)18-28(24,25)19-13(23)20-4-8(11(20)22)16-10(21)3-7-5-26-12(14)15-7/h2,5,8H,3-4H2,1H3,(H2,14,15)(H,16,21)(H,17,18)(H,19,23)/t8-/m0/s1. The van der Waals surface area contributed by atoms with E-state index in [1.165, 1.54) is 17.4 Å². The Hall–Kier alpha value is -2.78. The van der Waals surface area contributed by atoms with Crippen molar-refractivity contribution >= 4 is 61.9 Å². The maximum absolute atomic E-state index is 12.0. The molecular weight excluding hydrogens is 430 g/mol. The van der Waals surface area contributed by atoms with Gasteiger partial charge in [0.2, 0.25) is 5.91 Å². The molecule has 0 saturated carbocycles. The van der Waals surface area contributed by atoms with Crippen molar-refractivity contribution < 1.29 is 22.8 Å². The van der Waals surface area contributed by atoms with Crippen LogP contribution in [0, 0.1) is 6.92 Å². The molecule has 0 unspecified atom stereocenters. The molecule has 3 heterocycles. The first kappa shape index (κ1) is 20.0. The van der Waals surface area contributed by atoms with E-state index >= 15 is 0 Å². The van der Waals surface area contributed by atoms with Gasteiger partial charge in [0.25, 0.3) is 5.91 Å². The number of amides is 4. The van der Waals surface area contributed by atoms with Crippen molar-refractivity contribution in [2.75, 3.05) is 17.0 Å². The minimum atomic E-state index is -4.25. The van der Waals surface area contributed by atoms with E-state index in [2.05, 4.69) is 19.4 Å². The smallest absolute Gasteiger partial charge is 0.339 e. The summed E-state index contributed by atoms with van der Waals surface area (Å²) in [5.41, 5.74) is 5.95. The number of nitrogens with one attached hydrogen (secondary N) is 3. The van der Waals surface area contributed by atoms with Gasteiger partial charge in [-0.2, -0.15) is 12.8 Å². The molecule has 1 atom stereocenters. The minimum Gasteiger partial charge on any atom is -0.375 e. The molecule has 12 nitrogen and oxygen atoms in total. The van der Waals surface area contributed by atoms with Gasteiger partial charge in [-0.3, -0.25) is 14.5 Å². The summed E-state index contributed by atoms with van der Waals surface area (Å²) in [4.78, 5) is 41.3. The van der Waals surface area contributed by atoms with Crippen molar-refractivity contribution in [2.24, 2.45) is 0 Å². The second-order valence-electron chi connectivity index (χ2n) is 5.76. The van der Waals surface area contributed by atoms with Crippen molar-refractivity contribution in [3.05, 3.63) is 22.0 Å². The van der Waals surface area contributed by atoms with Gasteiger partial charge in [0, 0.05) is 10.3 Å². The largest absolute Gasteiger partial charge is 0.375 e. The molecule has 4 amide bonds. The summed E-state index contributed by atoms with van der Waals surface area (Å²) in [6.45, 7) is 1.59. The number of urea groups is 1. The lowest BCUT2D eigenvalue weighted by molar-refractivity contribution is -0.142. The van der Waals surface area contributed by atoms with Crippen LogP contribution in [0.3, 0.4) is 0 Å². The first-order valence-electron chi connectivity index (χ1n) is 7.71. The Morgan fingerprint density at radius 1 is 1.43 bits per heavy atom. The maximum Gasteiger partial charge on any atom is 0.339 e. The second-order valence-corrected chi connectivity index (χ2v) is 9.07. The highest BCUT2D eigenvalue weighted by molar-refractivity contribution is 7.91. The van der Waals surface area contributed by atoms with Gasteiger partial charge in [-0.15, -0.1) is 11.3 Å². The van der Waals surface area contributed by atoms with Crippen LogP contribution in [-0.4, -0.2) is 53.1 Å². The highest BCUT2D eigenvalue weighted by Gasteiger charge is 2.42. The highest BCUT2D eigenvalue weighted by atomic mass is 32.2. The summed E-state index contributed by atoms with van der Waals surface area (Å²) in [6.07, 6.45) is -0.0605. The third-order valence-electron chi connectivity index (χ3n) is 3.51. The Morgan fingerprint density at radius 3 is 2.75 bits per heavy atom. The van der Waals surface area contributed by atoms with Crippen LogP contribution >= 0.6 is 22.9 Å². The summed E-state index contributed by atoms with van der Waals surface area (Å²) in [5, 5.41) is 4.40. The van der Waals surface area contributed by atoms with E-state index in [0.717, 1.165) is 16.4 Å². The topological polar surface area (TPSA) is 176 Å². The molecule has 5 N–H and O–H groups in total. The van der Waals surface area contributed by atoms with Crippen molar-refractivity contribution in [2.45, 2.75) is 19.4 Å². The number of aromatic nitrogens is 2. The fourth-order valence-electron chi connectivity index (χ4n) is 2.28. The van der Waals surface area contributed by atoms with Gasteiger partial charge in [-0.25, -0.2) is 19.2 Å². The number of likely N-dealkylation sites (tertiary alicyclic amines) is 1. The lowest BCUT2D eigenvalue weighted by Gasteiger charge is -2.36. The van der Waals surface area contributed by atoms with Gasteiger partial charge >= 0.3 is 16.2 Å². The Balaban J connectivity index is 1.48. The number of nitrogens with zero attached hydrogens (tertiary/aromatic N) is 3. The summed E-state index contributed by atoms with van der Waals surface area (Å²) < 4.78 is 31.5. The molecule has 150 valence electrons. The molecule has 2 aromatic rings. The zero-order valence-electron chi connectivity index (χ0n) is 14.3. The molecular formula is C13H15N7O5S3. The van der Waals surface area contributed by atoms with Crippen LogP contribution in [0.5, 0.6) is 0 Å². The van der Waals surface area contributed by atoms with Gasteiger partial charge in [0.15, 0.2) is 10.9 Å². The Bertz CT molecular complexity index is 1030. The lowest BCUT2D eigenvalue weighted by atomic mass is 10.1. The summed E-state index contributed by atoms with van der Waals surface area (Å²) in [6, 6.07) is -0.543. The number of thiazole rings is 1. The molecule has 0 radical (unpaired) electrons. The van der Waals surface area contributed by atoms with E-state index in [1.54, 1.807) is 17.0 Å². The zero-order chi connectivity index (χ0) is 20.5. The van der Waals surface area contributed by atoms with Crippen LogP contribution < -0.4 is 20.5 Å². The van der Waals surface area contributed by atoms with Crippen LogP contribution in [0.15, 0.2) is 11.4 Å². The molecule has 2 aromatic heterocycles. The van der Waals surface area contributed by atoms with E-state index in [9.17, 15) is 22.8 Å². The van der Waals surface area contributed by atoms with Crippen LogP contribution in [-0.2, 0) is 26.2 Å². The molecule has 1 saturated heterocycles. The van der Waals surface area contributed by atoms with E-state index < -0.39 is 34.1 Å². The van der Waals surface area contributed by atoms with Crippen molar-refractivity contribution in [1.29, 1.82) is 0 Å². The SMILES string of the molecule is Cc1cc(NS(=O)(=O)NC(=O)N2C[C@H](NC(=O)Cc3csc(N)n3)C2=O)ns1. The molecule has 0 spiro atoms. The Labute approximate surface area is 167 Å². The first-order valence-corrected chi connectivity index (χ1v) is 10.8. The molecule has 1 aliphatic rings. The molecule has 15 heteroatoms. The number of hydrogen-bond acceptors (Lipinski definition) is 10. The van der Waals surface area contributed by atoms with Crippen LogP contribution in [0.2, 0.25) is 0 Å².